The molecule has 0 radical (unpaired) electrons. The Hall–Kier alpha value is -1.97. The number of ether oxygens (including phenoxy) is 2. The van der Waals surface area contributed by atoms with Crippen molar-refractivity contribution in [1.29, 1.82) is 0 Å². The summed E-state index contributed by atoms with van der Waals surface area (Å²) in [5.74, 6) is -0.356. The Bertz CT molecular complexity index is 712. The van der Waals surface area contributed by atoms with Crippen molar-refractivity contribution in [2.45, 2.75) is 57.8 Å². The first-order valence-electron chi connectivity index (χ1n) is 7.82. The van der Waals surface area contributed by atoms with Crippen LogP contribution in [-0.2, 0) is 14.3 Å². The van der Waals surface area contributed by atoms with Gasteiger partial charge in [-0.15, -0.1) is 0 Å². The van der Waals surface area contributed by atoms with E-state index in [0.29, 0.717) is 12.0 Å². The average Bonchev–Trinajstić information content (AvgIpc) is 2.86. The van der Waals surface area contributed by atoms with Gasteiger partial charge in [0.1, 0.15) is 18.3 Å². The second-order valence-electron chi connectivity index (χ2n) is 5.80. The summed E-state index contributed by atoms with van der Waals surface area (Å²) in [6.45, 7) is 4.93. The van der Waals surface area contributed by atoms with Gasteiger partial charge in [0.05, 0.1) is 6.10 Å². The monoisotopic (exact) mass is 341 g/mol. The molecule has 0 spiro atoms. The number of aryl methyl sites for hydroxylation is 1. The summed E-state index contributed by atoms with van der Waals surface area (Å²) in [5, 5.41) is 12.9. The number of aliphatic hydroxyl groups excluding tert-OH is 1. The van der Waals surface area contributed by atoms with Gasteiger partial charge in [-0.05, 0) is 20.3 Å². The number of aromatic amines is 1. The fourth-order valence-corrected chi connectivity index (χ4v) is 2.70. The standard InChI is InChI=1S/C15H23N3O6/c1-5-9-10(19)11(23-8(3)13(21)16-4)14(24-9)18-6-7(2)12(20)17-15(18)22/h6,8-11,14,19H,5H2,1-4H3,(H,16,21)(H,17,20,22)/t8?,9-,10?,11+,14-/m1/s1. The first kappa shape index (κ1) is 18.4. The van der Waals surface area contributed by atoms with Gasteiger partial charge < -0.3 is 19.9 Å². The van der Waals surface area contributed by atoms with Crippen LogP contribution >= 0.6 is 0 Å². The number of amides is 1. The van der Waals surface area contributed by atoms with Gasteiger partial charge in [-0.1, -0.05) is 6.92 Å². The molecule has 1 fully saturated rings. The minimum atomic E-state index is -1.01. The Morgan fingerprint density at radius 3 is 2.79 bits per heavy atom. The van der Waals surface area contributed by atoms with Crippen molar-refractivity contribution in [2.75, 3.05) is 7.05 Å². The Morgan fingerprint density at radius 2 is 2.21 bits per heavy atom. The maximum absolute atomic E-state index is 12.1. The van der Waals surface area contributed by atoms with Crippen LogP contribution in [0.3, 0.4) is 0 Å². The lowest BCUT2D eigenvalue weighted by Gasteiger charge is -2.25. The molecule has 1 amide bonds. The fourth-order valence-electron chi connectivity index (χ4n) is 2.70. The Balaban J connectivity index is 2.38. The second-order valence-corrected chi connectivity index (χ2v) is 5.80. The van der Waals surface area contributed by atoms with E-state index in [1.54, 1.807) is 13.8 Å². The summed E-state index contributed by atoms with van der Waals surface area (Å²) in [5.41, 5.74) is -0.829. The molecule has 9 nitrogen and oxygen atoms in total. The van der Waals surface area contributed by atoms with E-state index in [-0.39, 0.29) is 5.91 Å². The lowest BCUT2D eigenvalue weighted by atomic mass is 10.1. The van der Waals surface area contributed by atoms with Gasteiger partial charge in [-0.3, -0.25) is 19.1 Å². The van der Waals surface area contributed by atoms with Crippen LogP contribution in [0.2, 0.25) is 0 Å². The van der Waals surface area contributed by atoms with E-state index >= 15 is 0 Å². The molecule has 0 bridgehead atoms. The van der Waals surface area contributed by atoms with E-state index < -0.39 is 41.9 Å². The van der Waals surface area contributed by atoms with Crippen molar-refractivity contribution in [3.8, 4) is 0 Å². The molecule has 1 aromatic heterocycles. The van der Waals surface area contributed by atoms with Gasteiger partial charge in [-0.2, -0.15) is 0 Å². The van der Waals surface area contributed by atoms with Crippen molar-refractivity contribution < 1.29 is 19.4 Å². The topological polar surface area (TPSA) is 123 Å². The van der Waals surface area contributed by atoms with E-state index in [1.807, 2.05) is 6.92 Å². The van der Waals surface area contributed by atoms with Gasteiger partial charge in [0.25, 0.3) is 5.56 Å². The van der Waals surface area contributed by atoms with Gasteiger partial charge in [-0.25, -0.2) is 4.79 Å². The highest BCUT2D eigenvalue weighted by molar-refractivity contribution is 5.79. The predicted molar refractivity (Wildman–Crippen MR) is 84.7 cm³/mol. The number of hydrogen-bond acceptors (Lipinski definition) is 6. The van der Waals surface area contributed by atoms with Crippen LogP contribution in [0.25, 0.3) is 0 Å². The number of likely N-dealkylation sites (N-methyl/N-ethyl adjacent to an activating group) is 1. The minimum Gasteiger partial charge on any atom is -0.388 e. The molecule has 2 unspecified atom stereocenters. The summed E-state index contributed by atoms with van der Waals surface area (Å²) >= 11 is 0. The lowest BCUT2D eigenvalue weighted by molar-refractivity contribution is -0.144. The van der Waals surface area contributed by atoms with Crippen molar-refractivity contribution in [3.05, 3.63) is 32.6 Å². The Morgan fingerprint density at radius 1 is 1.54 bits per heavy atom. The van der Waals surface area contributed by atoms with E-state index in [4.69, 9.17) is 9.47 Å². The molecule has 0 aromatic carbocycles. The number of carbonyl (C=O) groups excluding carboxylic acids is 1. The first-order valence-corrected chi connectivity index (χ1v) is 7.82. The summed E-state index contributed by atoms with van der Waals surface area (Å²) in [4.78, 5) is 37.5. The minimum absolute atomic E-state index is 0.325. The zero-order valence-corrected chi connectivity index (χ0v) is 14.1. The molecular weight excluding hydrogens is 318 g/mol. The van der Waals surface area contributed by atoms with Crippen LogP contribution in [-0.4, -0.2) is 52.0 Å². The number of nitrogens with one attached hydrogen (secondary N) is 2. The summed E-state index contributed by atoms with van der Waals surface area (Å²) in [6, 6.07) is 0. The normalized spacial score (nSPS) is 27.9. The van der Waals surface area contributed by atoms with Crippen molar-refractivity contribution in [1.82, 2.24) is 14.9 Å². The fraction of sp³-hybridized carbons (Fsp3) is 0.667. The van der Waals surface area contributed by atoms with E-state index in [0.717, 1.165) is 0 Å². The highest BCUT2D eigenvalue weighted by atomic mass is 16.6. The first-order chi connectivity index (χ1) is 11.3. The number of carbonyl (C=O) groups is 1. The number of nitrogens with zero attached hydrogens (tertiary/aromatic N) is 1. The van der Waals surface area contributed by atoms with Gasteiger partial charge in [0.2, 0.25) is 5.91 Å². The van der Waals surface area contributed by atoms with Crippen LogP contribution in [0.15, 0.2) is 15.8 Å². The molecule has 0 saturated carbocycles. The molecule has 3 N–H and O–H groups in total. The van der Waals surface area contributed by atoms with Crippen LogP contribution in [0, 0.1) is 6.92 Å². The lowest BCUT2D eigenvalue weighted by Crippen LogP contribution is -2.43. The molecule has 1 aromatic rings. The Labute approximate surface area is 138 Å². The van der Waals surface area contributed by atoms with Crippen molar-refractivity contribution >= 4 is 5.91 Å². The number of aliphatic hydroxyl groups is 1. The van der Waals surface area contributed by atoms with E-state index in [2.05, 4.69) is 10.3 Å². The molecule has 134 valence electrons. The van der Waals surface area contributed by atoms with E-state index in [1.165, 1.54) is 17.8 Å². The quantitative estimate of drug-likeness (QED) is 0.633. The smallest absolute Gasteiger partial charge is 0.330 e. The van der Waals surface area contributed by atoms with Gasteiger partial charge >= 0.3 is 5.69 Å². The molecule has 9 heteroatoms. The molecule has 1 aliphatic heterocycles. The average molecular weight is 341 g/mol. The molecule has 24 heavy (non-hydrogen) atoms. The maximum Gasteiger partial charge on any atom is 0.330 e. The molecule has 1 aliphatic rings. The third-order valence-corrected chi connectivity index (χ3v) is 4.11. The van der Waals surface area contributed by atoms with Crippen LogP contribution in [0.5, 0.6) is 0 Å². The van der Waals surface area contributed by atoms with Crippen LogP contribution in [0.4, 0.5) is 0 Å². The Kier molecular flexibility index (Phi) is 5.58. The number of rotatable bonds is 5. The third-order valence-electron chi connectivity index (χ3n) is 4.11. The summed E-state index contributed by atoms with van der Waals surface area (Å²) < 4.78 is 12.6. The van der Waals surface area contributed by atoms with Crippen LogP contribution in [0.1, 0.15) is 32.1 Å². The summed E-state index contributed by atoms with van der Waals surface area (Å²) in [7, 11) is 1.48. The zero-order valence-electron chi connectivity index (χ0n) is 14.1. The van der Waals surface area contributed by atoms with Crippen molar-refractivity contribution in [2.24, 2.45) is 0 Å². The molecule has 5 atom stereocenters. The van der Waals surface area contributed by atoms with Crippen LogP contribution < -0.4 is 16.6 Å². The molecular formula is C15H23N3O6. The SMILES string of the molecule is CC[C@H]1O[C@@H](n2cc(C)c(=O)[nH]c2=O)[C@@H](OC(C)C(=O)NC)C1O. The molecule has 2 rings (SSSR count). The molecule has 2 heterocycles. The molecule has 0 aliphatic carbocycles. The zero-order chi connectivity index (χ0) is 18.0. The third kappa shape index (κ3) is 3.42. The summed E-state index contributed by atoms with van der Waals surface area (Å²) in [6.07, 6.45) is -2.40. The van der Waals surface area contributed by atoms with E-state index in [9.17, 15) is 19.5 Å². The number of aromatic nitrogens is 2. The highest BCUT2D eigenvalue weighted by Crippen LogP contribution is 2.33. The molecule has 1 saturated heterocycles. The number of hydrogen-bond donors (Lipinski definition) is 3. The largest absolute Gasteiger partial charge is 0.388 e. The van der Waals surface area contributed by atoms with Gasteiger partial charge in [0.15, 0.2) is 6.23 Å². The predicted octanol–water partition coefficient (Wildman–Crippen LogP) is -0.967. The van der Waals surface area contributed by atoms with Crippen molar-refractivity contribution in [3.63, 3.8) is 0 Å². The number of H-pyrrole nitrogens is 1. The second kappa shape index (κ2) is 7.29. The maximum atomic E-state index is 12.1. The highest BCUT2D eigenvalue weighted by Gasteiger charge is 2.46. The van der Waals surface area contributed by atoms with Gasteiger partial charge in [0, 0.05) is 18.8 Å².